The van der Waals surface area contributed by atoms with E-state index in [0.29, 0.717) is 0 Å². The van der Waals surface area contributed by atoms with Crippen molar-refractivity contribution < 1.29 is 4.79 Å². The van der Waals surface area contributed by atoms with E-state index in [4.69, 9.17) is 0 Å². The molecule has 1 amide bonds. The quantitative estimate of drug-likeness (QED) is 0.730. The molecule has 0 aliphatic heterocycles. The predicted molar refractivity (Wildman–Crippen MR) is 96.6 cm³/mol. The molecule has 0 radical (unpaired) electrons. The van der Waals surface area contributed by atoms with E-state index in [1.165, 1.54) is 0 Å². The minimum Gasteiger partial charge on any atom is -0.324 e. The average molecular weight is 372 g/mol. The second-order valence-electron chi connectivity index (χ2n) is 5.76. The van der Waals surface area contributed by atoms with E-state index in [0.717, 1.165) is 27.0 Å². The summed E-state index contributed by atoms with van der Waals surface area (Å²) in [6.45, 7) is 4.42. The Labute approximate surface area is 143 Å². The minimum atomic E-state index is -0.0619. The van der Waals surface area contributed by atoms with Crippen LogP contribution in [0.15, 0.2) is 53.0 Å². The number of aromatic nitrogens is 2. The van der Waals surface area contributed by atoms with E-state index in [1.807, 2.05) is 53.1 Å². The van der Waals surface area contributed by atoms with Gasteiger partial charge in [0.25, 0.3) is 0 Å². The highest BCUT2D eigenvalue weighted by Crippen LogP contribution is 2.22. The highest BCUT2D eigenvalue weighted by Gasteiger charge is 2.15. The van der Waals surface area contributed by atoms with Gasteiger partial charge in [-0.25, -0.2) is 4.98 Å². The van der Waals surface area contributed by atoms with Crippen molar-refractivity contribution in [1.29, 1.82) is 0 Å². The molecule has 0 atom stereocenters. The van der Waals surface area contributed by atoms with Crippen molar-refractivity contribution in [1.82, 2.24) is 9.55 Å². The smallest absolute Gasteiger partial charge is 0.244 e. The Hall–Kier alpha value is -2.14. The number of hydrogen-bond acceptors (Lipinski definition) is 2. The molecular formula is C18H18BrN3O. The lowest BCUT2D eigenvalue weighted by molar-refractivity contribution is -0.116. The number of nitrogens with zero attached hydrogens (tertiary/aromatic N) is 2. The maximum atomic E-state index is 12.4. The van der Waals surface area contributed by atoms with Gasteiger partial charge in [-0.1, -0.05) is 48.0 Å². The van der Waals surface area contributed by atoms with Gasteiger partial charge in [-0.15, -0.1) is 0 Å². The molecule has 2 aromatic carbocycles. The number of benzene rings is 2. The van der Waals surface area contributed by atoms with E-state index in [-0.39, 0.29) is 18.4 Å². The summed E-state index contributed by atoms with van der Waals surface area (Å²) in [5.41, 5.74) is 2.69. The summed E-state index contributed by atoms with van der Waals surface area (Å²) in [5, 5.41) is 2.93. The molecule has 4 nitrogen and oxygen atoms in total. The maximum Gasteiger partial charge on any atom is 0.244 e. The van der Waals surface area contributed by atoms with Gasteiger partial charge in [0.05, 0.1) is 11.0 Å². The Kier molecular flexibility index (Phi) is 4.48. The predicted octanol–water partition coefficient (Wildman–Crippen LogP) is 4.56. The van der Waals surface area contributed by atoms with E-state index >= 15 is 0 Å². The number of fused-ring (bicyclic) bond motifs is 1. The van der Waals surface area contributed by atoms with Crippen molar-refractivity contribution >= 4 is 38.6 Å². The summed E-state index contributed by atoms with van der Waals surface area (Å²) in [6.07, 6.45) is 0. The van der Waals surface area contributed by atoms with Gasteiger partial charge < -0.3 is 9.88 Å². The molecule has 1 aromatic heterocycles. The molecule has 0 unspecified atom stereocenters. The van der Waals surface area contributed by atoms with Crippen molar-refractivity contribution in [2.75, 3.05) is 5.32 Å². The van der Waals surface area contributed by atoms with Crippen LogP contribution in [0.2, 0.25) is 0 Å². The molecule has 23 heavy (non-hydrogen) atoms. The zero-order chi connectivity index (χ0) is 16.4. The Bertz CT molecular complexity index is 854. The largest absolute Gasteiger partial charge is 0.324 e. The number of hydrogen-bond donors (Lipinski definition) is 1. The fraction of sp³-hybridized carbons (Fsp3) is 0.222. The summed E-state index contributed by atoms with van der Waals surface area (Å²) >= 11 is 3.41. The molecule has 3 aromatic rings. The molecule has 0 bridgehead atoms. The standard InChI is InChI=1S/C18H18BrN3O/c1-12(2)18-21-15-8-3-4-9-16(15)22(18)11-17(23)20-14-7-5-6-13(19)10-14/h3-10,12H,11H2,1-2H3,(H,20,23). The first-order chi connectivity index (χ1) is 11.0. The van der Waals surface area contributed by atoms with Gasteiger partial charge in [0.15, 0.2) is 0 Å². The molecule has 0 aliphatic carbocycles. The normalized spacial score (nSPS) is 11.1. The number of halogens is 1. The van der Waals surface area contributed by atoms with Crippen molar-refractivity contribution in [2.24, 2.45) is 0 Å². The van der Waals surface area contributed by atoms with Gasteiger partial charge in [-0.2, -0.15) is 0 Å². The summed E-state index contributed by atoms with van der Waals surface area (Å²) in [5.74, 6) is 1.12. The van der Waals surface area contributed by atoms with Gasteiger partial charge >= 0.3 is 0 Å². The molecule has 0 fully saturated rings. The number of anilines is 1. The lowest BCUT2D eigenvalue weighted by Crippen LogP contribution is -2.20. The lowest BCUT2D eigenvalue weighted by Gasteiger charge is -2.12. The van der Waals surface area contributed by atoms with Crippen LogP contribution in [0.3, 0.4) is 0 Å². The molecule has 1 N–H and O–H groups in total. The number of carbonyl (C=O) groups excluding carboxylic acids is 1. The summed E-state index contributed by atoms with van der Waals surface area (Å²) in [7, 11) is 0. The first kappa shape index (κ1) is 15.7. The van der Waals surface area contributed by atoms with Gasteiger partial charge in [-0.05, 0) is 30.3 Å². The highest BCUT2D eigenvalue weighted by molar-refractivity contribution is 9.10. The third-order valence-corrected chi connectivity index (χ3v) is 4.10. The van der Waals surface area contributed by atoms with Crippen LogP contribution in [0.1, 0.15) is 25.6 Å². The van der Waals surface area contributed by atoms with Gasteiger partial charge in [0.2, 0.25) is 5.91 Å². The number of para-hydroxylation sites is 2. The lowest BCUT2D eigenvalue weighted by atomic mass is 10.2. The second kappa shape index (κ2) is 6.54. The molecule has 0 spiro atoms. The zero-order valence-electron chi connectivity index (χ0n) is 13.1. The fourth-order valence-electron chi connectivity index (χ4n) is 2.61. The summed E-state index contributed by atoms with van der Waals surface area (Å²) in [6, 6.07) is 15.5. The molecule has 0 aliphatic rings. The van der Waals surface area contributed by atoms with E-state index in [2.05, 4.69) is 40.1 Å². The first-order valence-corrected chi connectivity index (χ1v) is 8.34. The highest BCUT2D eigenvalue weighted by atomic mass is 79.9. The van der Waals surface area contributed by atoms with E-state index in [1.54, 1.807) is 0 Å². The first-order valence-electron chi connectivity index (χ1n) is 7.55. The Morgan fingerprint density at radius 1 is 1.22 bits per heavy atom. The minimum absolute atomic E-state index is 0.0619. The Morgan fingerprint density at radius 2 is 2.00 bits per heavy atom. The summed E-state index contributed by atoms with van der Waals surface area (Å²) < 4.78 is 2.93. The van der Waals surface area contributed by atoms with Crippen molar-refractivity contribution in [2.45, 2.75) is 26.3 Å². The molecule has 3 rings (SSSR count). The SMILES string of the molecule is CC(C)c1nc2ccccc2n1CC(=O)Nc1cccc(Br)c1. The van der Waals surface area contributed by atoms with Crippen LogP contribution < -0.4 is 5.32 Å². The zero-order valence-corrected chi connectivity index (χ0v) is 14.7. The van der Waals surface area contributed by atoms with Gasteiger partial charge in [0.1, 0.15) is 12.4 Å². The topological polar surface area (TPSA) is 46.9 Å². The number of rotatable bonds is 4. The van der Waals surface area contributed by atoms with Gasteiger partial charge in [-0.3, -0.25) is 4.79 Å². The molecule has 1 heterocycles. The van der Waals surface area contributed by atoms with Crippen LogP contribution >= 0.6 is 15.9 Å². The molecule has 0 saturated heterocycles. The van der Waals surface area contributed by atoms with E-state index in [9.17, 15) is 4.79 Å². The van der Waals surface area contributed by atoms with E-state index < -0.39 is 0 Å². The Balaban J connectivity index is 1.88. The van der Waals surface area contributed by atoms with Crippen LogP contribution in [0.4, 0.5) is 5.69 Å². The molecular weight excluding hydrogens is 354 g/mol. The van der Waals surface area contributed by atoms with Crippen LogP contribution in [0, 0.1) is 0 Å². The molecule has 118 valence electrons. The monoisotopic (exact) mass is 371 g/mol. The third-order valence-electron chi connectivity index (χ3n) is 3.61. The molecule has 5 heteroatoms. The fourth-order valence-corrected chi connectivity index (χ4v) is 3.01. The van der Waals surface area contributed by atoms with Crippen molar-refractivity contribution in [3.8, 4) is 0 Å². The van der Waals surface area contributed by atoms with Crippen molar-refractivity contribution in [3.63, 3.8) is 0 Å². The number of amides is 1. The third kappa shape index (κ3) is 3.45. The van der Waals surface area contributed by atoms with Crippen molar-refractivity contribution in [3.05, 3.63) is 58.8 Å². The maximum absolute atomic E-state index is 12.4. The molecule has 0 saturated carbocycles. The van der Waals surface area contributed by atoms with Crippen LogP contribution in [-0.4, -0.2) is 15.5 Å². The number of nitrogens with one attached hydrogen (secondary N) is 1. The van der Waals surface area contributed by atoms with Crippen LogP contribution in [0.5, 0.6) is 0 Å². The van der Waals surface area contributed by atoms with Crippen LogP contribution in [-0.2, 0) is 11.3 Å². The Morgan fingerprint density at radius 3 is 2.74 bits per heavy atom. The number of carbonyl (C=O) groups is 1. The van der Waals surface area contributed by atoms with Crippen LogP contribution in [0.25, 0.3) is 11.0 Å². The van der Waals surface area contributed by atoms with Gasteiger partial charge in [0, 0.05) is 16.1 Å². The number of imidazole rings is 1. The second-order valence-corrected chi connectivity index (χ2v) is 6.67. The summed E-state index contributed by atoms with van der Waals surface area (Å²) in [4.78, 5) is 17.1. The average Bonchev–Trinajstić information content (AvgIpc) is 2.86.